The number of nitrogens with one attached hydrogen (secondary N) is 1. The van der Waals surface area contributed by atoms with E-state index in [1.54, 1.807) is 4.68 Å². The number of hydrogen-bond donors (Lipinski definition) is 2. The summed E-state index contributed by atoms with van der Waals surface area (Å²) in [6.45, 7) is 10.3. The van der Waals surface area contributed by atoms with Crippen LogP contribution in [0.2, 0.25) is 0 Å². The molecule has 1 aromatic carbocycles. The van der Waals surface area contributed by atoms with Crippen molar-refractivity contribution >= 4 is 11.7 Å². The average Bonchev–Trinajstić information content (AvgIpc) is 2.98. The number of aromatic nitrogens is 2. The Labute approximate surface area is 150 Å². The van der Waals surface area contributed by atoms with Crippen LogP contribution in [0.5, 0.6) is 0 Å². The van der Waals surface area contributed by atoms with Crippen molar-refractivity contribution < 1.29 is 4.79 Å². The monoisotopic (exact) mass is 342 g/mol. The maximum absolute atomic E-state index is 10.8. The van der Waals surface area contributed by atoms with Crippen molar-refractivity contribution in [2.24, 2.45) is 11.7 Å². The van der Waals surface area contributed by atoms with E-state index in [0.717, 1.165) is 18.8 Å². The third-order valence-corrected chi connectivity index (χ3v) is 4.26. The summed E-state index contributed by atoms with van der Waals surface area (Å²) in [6, 6.07) is 10.9. The number of anilines is 1. The third-order valence-electron chi connectivity index (χ3n) is 4.26. The first-order chi connectivity index (χ1) is 11.7. The Hall–Kier alpha value is -2.30. The molecule has 0 fully saturated rings. The first-order valence-electron chi connectivity index (χ1n) is 8.89. The van der Waals surface area contributed by atoms with Crippen LogP contribution in [0.25, 0.3) is 0 Å². The molecule has 0 bridgehead atoms. The van der Waals surface area contributed by atoms with Gasteiger partial charge < -0.3 is 11.1 Å². The molecule has 2 rings (SSSR count). The van der Waals surface area contributed by atoms with Gasteiger partial charge in [0.1, 0.15) is 5.82 Å². The van der Waals surface area contributed by atoms with Crippen LogP contribution in [-0.4, -0.2) is 22.2 Å². The molecule has 1 atom stereocenters. The van der Waals surface area contributed by atoms with Crippen LogP contribution in [-0.2, 0) is 23.2 Å². The van der Waals surface area contributed by atoms with Crippen LogP contribution in [0, 0.1) is 5.92 Å². The molecular weight excluding hydrogens is 312 g/mol. The van der Waals surface area contributed by atoms with Crippen LogP contribution in [0.3, 0.4) is 0 Å². The van der Waals surface area contributed by atoms with Crippen molar-refractivity contribution in [2.75, 3.05) is 11.9 Å². The zero-order valence-electron chi connectivity index (χ0n) is 15.7. The second-order valence-corrected chi connectivity index (χ2v) is 7.82. The topological polar surface area (TPSA) is 72.9 Å². The summed E-state index contributed by atoms with van der Waals surface area (Å²) in [5.74, 6) is 1.02. The van der Waals surface area contributed by atoms with Crippen molar-refractivity contribution in [3.8, 4) is 0 Å². The molecule has 0 aliphatic heterocycles. The predicted octanol–water partition coefficient (Wildman–Crippen LogP) is 3.35. The highest BCUT2D eigenvalue weighted by Gasteiger charge is 2.13. The molecule has 5 nitrogen and oxygen atoms in total. The number of rotatable bonds is 8. The van der Waals surface area contributed by atoms with E-state index in [-0.39, 0.29) is 11.3 Å². The largest absolute Gasteiger partial charge is 0.370 e. The van der Waals surface area contributed by atoms with Crippen molar-refractivity contribution in [3.63, 3.8) is 0 Å². The molecule has 0 aliphatic rings. The summed E-state index contributed by atoms with van der Waals surface area (Å²) < 4.78 is 1.74. The van der Waals surface area contributed by atoms with Gasteiger partial charge in [0.05, 0.1) is 0 Å². The zero-order chi connectivity index (χ0) is 18.4. The van der Waals surface area contributed by atoms with Crippen molar-refractivity contribution in [1.29, 1.82) is 0 Å². The van der Waals surface area contributed by atoms with E-state index in [9.17, 15) is 4.79 Å². The molecule has 0 spiro atoms. The highest BCUT2D eigenvalue weighted by atomic mass is 16.1. The number of benzene rings is 1. The van der Waals surface area contributed by atoms with E-state index in [4.69, 9.17) is 5.73 Å². The molecule has 0 aliphatic carbocycles. The molecule has 1 amide bonds. The van der Waals surface area contributed by atoms with Crippen LogP contribution in [0.4, 0.5) is 5.82 Å². The number of carbonyl (C=O) groups is 1. The Balaban J connectivity index is 1.80. The molecular formula is C20H30N4O. The molecule has 0 unspecified atom stereocenters. The lowest BCUT2D eigenvalue weighted by molar-refractivity contribution is -0.118. The summed E-state index contributed by atoms with van der Waals surface area (Å²) in [5, 5.41) is 7.76. The smallest absolute Gasteiger partial charge is 0.219 e. The molecule has 3 N–H and O–H groups in total. The molecule has 0 saturated heterocycles. The molecule has 5 heteroatoms. The van der Waals surface area contributed by atoms with Crippen molar-refractivity contribution in [1.82, 2.24) is 9.78 Å². The van der Waals surface area contributed by atoms with Crippen LogP contribution in [0.1, 0.15) is 45.2 Å². The van der Waals surface area contributed by atoms with E-state index >= 15 is 0 Å². The Morgan fingerprint density at radius 3 is 2.52 bits per heavy atom. The number of nitrogens with two attached hydrogens (primary N) is 1. The van der Waals surface area contributed by atoms with E-state index < -0.39 is 0 Å². The summed E-state index contributed by atoms with van der Waals surface area (Å²) in [5.41, 5.74) is 8.07. The Bertz CT molecular complexity index is 682. The first-order valence-corrected chi connectivity index (χ1v) is 8.89. The summed E-state index contributed by atoms with van der Waals surface area (Å²) >= 11 is 0. The fraction of sp³-hybridized carbons (Fsp3) is 0.500. The molecule has 136 valence electrons. The lowest BCUT2D eigenvalue weighted by Gasteiger charge is -2.19. The predicted molar refractivity (Wildman–Crippen MR) is 103 cm³/mol. The molecule has 25 heavy (non-hydrogen) atoms. The van der Waals surface area contributed by atoms with Gasteiger partial charge in [-0.1, -0.05) is 52.0 Å². The maximum atomic E-state index is 10.8. The minimum atomic E-state index is -0.309. The van der Waals surface area contributed by atoms with E-state index in [1.807, 2.05) is 12.3 Å². The molecule has 2 aromatic rings. The van der Waals surface area contributed by atoms with Gasteiger partial charge in [-0.05, 0) is 28.9 Å². The minimum Gasteiger partial charge on any atom is -0.370 e. The number of carbonyl (C=O) groups excluding carboxylic acids is 1. The lowest BCUT2D eigenvalue weighted by Crippen LogP contribution is -2.16. The zero-order valence-corrected chi connectivity index (χ0v) is 15.7. The van der Waals surface area contributed by atoms with Gasteiger partial charge in [0.2, 0.25) is 5.91 Å². The Morgan fingerprint density at radius 2 is 1.92 bits per heavy atom. The maximum Gasteiger partial charge on any atom is 0.219 e. The number of aryl methyl sites for hydroxylation is 1. The van der Waals surface area contributed by atoms with Gasteiger partial charge in [-0.25, -0.2) is 0 Å². The SMILES string of the molecule is C[C@@H](CNc1ccn(CCC(N)=O)n1)Cc1ccc(C(C)(C)C)cc1. The fourth-order valence-electron chi connectivity index (χ4n) is 2.70. The first kappa shape index (κ1) is 19.0. The average molecular weight is 342 g/mol. The number of amides is 1. The summed E-state index contributed by atoms with van der Waals surface area (Å²) in [6.07, 6.45) is 3.20. The minimum absolute atomic E-state index is 0.193. The quantitative estimate of drug-likeness (QED) is 0.773. The summed E-state index contributed by atoms with van der Waals surface area (Å²) in [4.78, 5) is 10.8. The van der Waals surface area contributed by atoms with E-state index in [0.29, 0.717) is 18.9 Å². The number of primary amides is 1. The van der Waals surface area contributed by atoms with Gasteiger partial charge in [0, 0.05) is 31.8 Å². The highest BCUT2D eigenvalue weighted by molar-refractivity contribution is 5.73. The molecule has 1 aromatic heterocycles. The van der Waals surface area contributed by atoms with Gasteiger partial charge >= 0.3 is 0 Å². The molecule has 0 radical (unpaired) electrons. The van der Waals surface area contributed by atoms with Gasteiger partial charge in [-0.3, -0.25) is 9.48 Å². The Morgan fingerprint density at radius 1 is 1.24 bits per heavy atom. The number of nitrogens with zero attached hydrogens (tertiary/aromatic N) is 2. The van der Waals surface area contributed by atoms with Crippen LogP contribution < -0.4 is 11.1 Å². The third kappa shape index (κ3) is 6.25. The highest BCUT2D eigenvalue weighted by Crippen LogP contribution is 2.23. The molecule has 0 saturated carbocycles. The van der Waals surface area contributed by atoms with E-state index in [2.05, 4.69) is 62.4 Å². The van der Waals surface area contributed by atoms with Gasteiger partial charge in [-0.15, -0.1) is 0 Å². The Kier molecular flexibility index (Phi) is 6.23. The fourth-order valence-corrected chi connectivity index (χ4v) is 2.70. The van der Waals surface area contributed by atoms with Gasteiger partial charge in [0.15, 0.2) is 0 Å². The second kappa shape index (κ2) is 8.19. The summed E-state index contributed by atoms with van der Waals surface area (Å²) in [7, 11) is 0. The second-order valence-electron chi connectivity index (χ2n) is 7.82. The number of hydrogen-bond acceptors (Lipinski definition) is 3. The lowest BCUT2D eigenvalue weighted by atomic mass is 9.86. The molecule has 1 heterocycles. The normalized spacial score (nSPS) is 12.8. The van der Waals surface area contributed by atoms with Crippen molar-refractivity contribution in [2.45, 2.75) is 52.5 Å². The van der Waals surface area contributed by atoms with Gasteiger partial charge in [0.25, 0.3) is 0 Å². The van der Waals surface area contributed by atoms with Crippen LogP contribution >= 0.6 is 0 Å². The van der Waals surface area contributed by atoms with Crippen LogP contribution in [0.15, 0.2) is 36.5 Å². The standard InChI is InChI=1S/C20H30N4O/c1-15(13-16-5-7-17(8-6-16)20(2,3)4)14-22-19-10-12-24(23-19)11-9-18(21)25/h5-8,10,12,15H,9,11,13-14H2,1-4H3,(H2,21,25)(H,22,23)/t15-/m1/s1. The van der Waals surface area contributed by atoms with Crippen molar-refractivity contribution in [3.05, 3.63) is 47.7 Å². The van der Waals surface area contributed by atoms with Gasteiger partial charge in [-0.2, -0.15) is 5.10 Å². The van der Waals surface area contributed by atoms with E-state index in [1.165, 1.54) is 11.1 Å².